The van der Waals surface area contributed by atoms with Crippen molar-refractivity contribution in [1.82, 2.24) is 10.6 Å². The molecule has 108 valence electrons. The quantitative estimate of drug-likeness (QED) is 0.740. The molecule has 0 saturated carbocycles. The molecule has 0 spiro atoms. The highest BCUT2D eigenvalue weighted by Crippen LogP contribution is 2.17. The van der Waals surface area contributed by atoms with E-state index in [4.69, 9.17) is 4.74 Å². The summed E-state index contributed by atoms with van der Waals surface area (Å²) in [5, 5.41) is 6.02. The number of hydrogen-bond donors (Lipinski definition) is 2. The number of aryl methyl sites for hydroxylation is 1. The highest BCUT2D eigenvalue weighted by Gasteiger charge is 2.05. The normalized spacial score (nSPS) is 9.84. The Labute approximate surface area is 128 Å². The van der Waals surface area contributed by atoms with E-state index >= 15 is 0 Å². The first-order valence-electron chi connectivity index (χ1n) is 5.89. The number of carbonyl (C=O) groups is 1. The van der Waals surface area contributed by atoms with Gasteiger partial charge in [0.1, 0.15) is 0 Å². The van der Waals surface area contributed by atoms with E-state index in [-0.39, 0.29) is 18.3 Å². The van der Waals surface area contributed by atoms with Crippen LogP contribution in [0.25, 0.3) is 0 Å². The molecule has 19 heavy (non-hydrogen) atoms. The van der Waals surface area contributed by atoms with Gasteiger partial charge in [0, 0.05) is 36.8 Å². The van der Waals surface area contributed by atoms with Gasteiger partial charge >= 0.3 is 0 Å². The Morgan fingerprint density at radius 1 is 1.32 bits per heavy atom. The standard InChI is InChI=1S/C13H19BrN2O2.ClH/c1-10-3-4-11(9-12(10)14)13(17)16-6-5-15-7-8-18-2;/h3-4,9,15H,5-8H2,1-2H3,(H,16,17);1H. The number of halogens is 2. The van der Waals surface area contributed by atoms with Gasteiger partial charge in [-0.1, -0.05) is 22.0 Å². The molecular formula is C13H20BrClN2O2. The Bertz CT molecular complexity index is 402. The van der Waals surface area contributed by atoms with Crippen LogP contribution in [0.2, 0.25) is 0 Å². The summed E-state index contributed by atoms with van der Waals surface area (Å²) in [6, 6.07) is 5.59. The number of benzene rings is 1. The lowest BCUT2D eigenvalue weighted by atomic mass is 10.1. The number of carbonyl (C=O) groups excluding carboxylic acids is 1. The molecule has 0 aliphatic rings. The zero-order valence-electron chi connectivity index (χ0n) is 11.2. The summed E-state index contributed by atoms with van der Waals surface area (Å²) in [4.78, 5) is 11.8. The van der Waals surface area contributed by atoms with Crippen LogP contribution in [0, 0.1) is 6.92 Å². The van der Waals surface area contributed by atoms with Gasteiger partial charge in [-0.15, -0.1) is 12.4 Å². The molecule has 0 radical (unpaired) electrons. The Balaban J connectivity index is 0.00000324. The third-order valence-corrected chi connectivity index (χ3v) is 3.36. The van der Waals surface area contributed by atoms with E-state index < -0.39 is 0 Å². The molecule has 6 heteroatoms. The zero-order valence-corrected chi connectivity index (χ0v) is 13.6. The fourth-order valence-corrected chi connectivity index (χ4v) is 1.78. The van der Waals surface area contributed by atoms with E-state index in [0.717, 1.165) is 23.1 Å². The average Bonchev–Trinajstić information content (AvgIpc) is 2.36. The van der Waals surface area contributed by atoms with Crippen LogP contribution in [0.1, 0.15) is 15.9 Å². The van der Waals surface area contributed by atoms with Crippen LogP contribution in [0.3, 0.4) is 0 Å². The lowest BCUT2D eigenvalue weighted by Gasteiger charge is -2.07. The van der Waals surface area contributed by atoms with Crippen LogP contribution in [-0.2, 0) is 4.74 Å². The van der Waals surface area contributed by atoms with E-state index in [9.17, 15) is 4.79 Å². The van der Waals surface area contributed by atoms with Gasteiger partial charge in [-0.25, -0.2) is 0 Å². The Morgan fingerprint density at radius 3 is 2.68 bits per heavy atom. The fourth-order valence-electron chi connectivity index (χ4n) is 1.40. The van der Waals surface area contributed by atoms with Gasteiger partial charge < -0.3 is 15.4 Å². The van der Waals surface area contributed by atoms with Crippen molar-refractivity contribution in [2.45, 2.75) is 6.92 Å². The summed E-state index contributed by atoms with van der Waals surface area (Å²) < 4.78 is 5.86. The summed E-state index contributed by atoms with van der Waals surface area (Å²) in [7, 11) is 1.67. The second kappa shape index (κ2) is 10.2. The van der Waals surface area contributed by atoms with Gasteiger partial charge in [-0.3, -0.25) is 4.79 Å². The van der Waals surface area contributed by atoms with Crippen molar-refractivity contribution < 1.29 is 9.53 Å². The lowest BCUT2D eigenvalue weighted by molar-refractivity contribution is 0.0953. The van der Waals surface area contributed by atoms with Gasteiger partial charge in [-0.2, -0.15) is 0 Å². The summed E-state index contributed by atoms with van der Waals surface area (Å²) in [5.74, 6) is -0.0516. The first-order valence-corrected chi connectivity index (χ1v) is 6.68. The Kier molecular flexibility index (Phi) is 9.87. The maximum absolute atomic E-state index is 11.8. The van der Waals surface area contributed by atoms with Crippen molar-refractivity contribution in [1.29, 1.82) is 0 Å². The molecule has 0 aliphatic heterocycles. The highest BCUT2D eigenvalue weighted by molar-refractivity contribution is 9.10. The average molecular weight is 352 g/mol. The first-order chi connectivity index (χ1) is 8.65. The maximum Gasteiger partial charge on any atom is 0.251 e. The van der Waals surface area contributed by atoms with Crippen molar-refractivity contribution in [2.75, 3.05) is 33.4 Å². The summed E-state index contributed by atoms with van der Waals surface area (Å²) in [5.41, 5.74) is 1.79. The van der Waals surface area contributed by atoms with Gasteiger partial charge in [0.15, 0.2) is 0 Å². The van der Waals surface area contributed by atoms with Crippen molar-refractivity contribution in [3.8, 4) is 0 Å². The molecule has 4 nitrogen and oxygen atoms in total. The van der Waals surface area contributed by atoms with Crippen LogP contribution >= 0.6 is 28.3 Å². The van der Waals surface area contributed by atoms with Crippen LogP contribution in [0.4, 0.5) is 0 Å². The highest BCUT2D eigenvalue weighted by atomic mass is 79.9. The Hall–Kier alpha value is -0.620. The van der Waals surface area contributed by atoms with E-state index in [1.54, 1.807) is 7.11 Å². The third-order valence-electron chi connectivity index (χ3n) is 2.50. The molecule has 0 saturated heterocycles. The minimum absolute atomic E-state index is 0. The molecule has 2 N–H and O–H groups in total. The molecule has 0 bridgehead atoms. The fraction of sp³-hybridized carbons (Fsp3) is 0.462. The molecular weight excluding hydrogens is 332 g/mol. The first kappa shape index (κ1) is 18.4. The Morgan fingerprint density at radius 2 is 2.05 bits per heavy atom. The molecule has 0 heterocycles. The third kappa shape index (κ3) is 6.92. The predicted octanol–water partition coefficient (Wildman–Crippen LogP) is 2.15. The topological polar surface area (TPSA) is 50.4 Å². The molecule has 1 aromatic carbocycles. The van der Waals surface area contributed by atoms with E-state index in [1.165, 1.54) is 0 Å². The van der Waals surface area contributed by atoms with Crippen molar-refractivity contribution in [3.63, 3.8) is 0 Å². The molecule has 0 aliphatic carbocycles. The molecule has 0 atom stereocenters. The smallest absolute Gasteiger partial charge is 0.251 e. The SMILES string of the molecule is COCCNCCNC(=O)c1ccc(C)c(Br)c1.Cl. The molecule has 0 aromatic heterocycles. The van der Waals surface area contributed by atoms with Crippen LogP contribution in [0.5, 0.6) is 0 Å². The van der Waals surface area contributed by atoms with Crippen molar-refractivity contribution in [3.05, 3.63) is 33.8 Å². The van der Waals surface area contributed by atoms with Gasteiger partial charge in [0.2, 0.25) is 0 Å². The largest absolute Gasteiger partial charge is 0.383 e. The van der Waals surface area contributed by atoms with Crippen LogP contribution in [0.15, 0.2) is 22.7 Å². The molecule has 1 rings (SSSR count). The number of rotatable bonds is 7. The zero-order chi connectivity index (χ0) is 13.4. The van der Waals surface area contributed by atoms with Crippen molar-refractivity contribution in [2.24, 2.45) is 0 Å². The predicted molar refractivity (Wildman–Crippen MR) is 83.2 cm³/mol. The molecule has 0 fully saturated rings. The number of nitrogens with one attached hydrogen (secondary N) is 2. The van der Waals surface area contributed by atoms with Crippen LogP contribution < -0.4 is 10.6 Å². The number of hydrogen-bond acceptors (Lipinski definition) is 3. The number of amides is 1. The summed E-state index contributed by atoms with van der Waals surface area (Å²) in [6.45, 7) is 4.81. The van der Waals surface area contributed by atoms with Gasteiger partial charge in [0.05, 0.1) is 6.61 Å². The van der Waals surface area contributed by atoms with E-state index in [1.807, 2.05) is 25.1 Å². The van der Waals surface area contributed by atoms with Crippen LogP contribution in [-0.4, -0.2) is 39.3 Å². The molecule has 1 amide bonds. The monoisotopic (exact) mass is 350 g/mol. The van der Waals surface area contributed by atoms with E-state index in [2.05, 4.69) is 26.6 Å². The second-order valence-electron chi connectivity index (χ2n) is 3.96. The second-order valence-corrected chi connectivity index (χ2v) is 4.82. The van der Waals surface area contributed by atoms with Gasteiger partial charge in [-0.05, 0) is 24.6 Å². The number of ether oxygens (including phenoxy) is 1. The molecule has 1 aromatic rings. The maximum atomic E-state index is 11.8. The lowest BCUT2D eigenvalue weighted by Crippen LogP contribution is -2.33. The summed E-state index contributed by atoms with van der Waals surface area (Å²) >= 11 is 3.42. The summed E-state index contributed by atoms with van der Waals surface area (Å²) in [6.07, 6.45) is 0. The van der Waals surface area contributed by atoms with E-state index in [0.29, 0.717) is 18.7 Å². The van der Waals surface area contributed by atoms with Gasteiger partial charge in [0.25, 0.3) is 5.91 Å². The van der Waals surface area contributed by atoms with Crippen molar-refractivity contribution >= 4 is 34.2 Å². The minimum atomic E-state index is -0.0516. The minimum Gasteiger partial charge on any atom is -0.383 e. The molecule has 0 unspecified atom stereocenters. The number of methoxy groups -OCH3 is 1.